The molecule has 8 heteroatoms. The lowest BCUT2D eigenvalue weighted by Crippen LogP contribution is -2.21. The number of carbonyl (C=O) groups excluding carboxylic acids is 1. The first-order valence-corrected chi connectivity index (χ1v) is 9.15. The SMILES string of the molecule is C[C@H](/C=C/C(=O)O)[C@H](OC(=O)Nc1ccc(C#N)cc1)c1cccc(OCCO)c1. The Balaban J connectivity index is 2.21. The van der Waals surface area contributed by atoms with Gasteiger partial charge in [-0.1, -0.05) is 25.1 Å². The summed E-state index contributed by atoms with van der Waals surface area (Å²) in [6.45, 7) is 1.69. The molecule has 2 aromatic carbocycles. The number of carbonyl (C=O) groups is 2. The van der Waals surface area contributed by atoms with E-state index in [1.165, 1.54) is 6.08 Å². The summed E-state index contributed by atoms with van der Waals surface area (Å²) in [6, 6.07) is 15.1. The van der Waals surface area contributed by atoms with E-state index >= 15 is 0 Å². The average molecular weight is 410 g/mol. The van der Waals surface area contributed by atoms with Gasteiger partial charge in [0.15, 0.2) is 0 Å². The number of rotatable bonds is 9. The van der Waals surface area contributed by atoms with Crippen molar-refractivity contribution in [2.24, 2.45) is 5.92 Å². The number of nitriles is 1. The van der Waals surface area contributed by atoms with Crippen molar-refractivity contribution in [1.29, 1.82) is 5.26 Å². The first-order valence-electron chi connectivity index (χ1n) is 9.15. The third-order valence-electron chi connectivity index (χ3n) is 4.06. The van der Waals surface area contributed by atoms with Crippen LogP contribution in [0.1, 0.15) is 24.2 Å². The van der Waals surface area contributed by atoms with Gasteiger partial charge < -0.3 is 19.7 Å². The van der Waals surface area contributed by atoms with E-state index in [1.807, 2.05) is 6.07 Å². The molecule has 0 saturated carbocycles. The van der Waals surface area contributed by atoms with Crippen molar-refractivity contribution in [3.63, 3.8) is 0 Å². The number of ether oxygens (including phenoxy) is 2. The third kappa shape index (κ3) is 6.96. The Hall–Kier alpha value is -3.83. The minimum atomic E-state index is -1.11. The zero-order valence-corrected chi connectivity index (χ0v) is 16.3. The fraction of sp³-hybridized carbons (Fsp3) is 0.227. The van der Waals surface area contributed by atoms with Gasteiger partial charge in [-0.2, -0.15) is 5.26 Å². The van der Waals surface area contributed by atoms with Crippen LogP contribution < -0.4 is 10.1 Å². The lowest BCUT2D eigenvalue weighted by molar-refractivity contribution is -0.131. The van der Waals surface area contributed by atoms with Crippen LogP contribution in [0.4, 0.5) is 10.5 Å². The molecule has 8 nitrogen and oxygen atoms in total. The molecule has 30 heavy (non-hydrogen) atoms. The standard InChI is InChI=1S/C22H22N2O6/c1-15(5-10-20(26)27)21(17-3-2-4-19(13-17)29-12-11-25)30-22(28)24-18-8-6-16(14-23)7-9-18/h2-10,13,15,21,25H,11-12H2,1H3,(H,24,28)(H,26,27)/b10-5+/t15-,21+/m1/s1. The minimum absolute atomic E-state index is 0.114. The monoisotopic (exact) mass is 410 g/mol. The first kappa shape index (κ1) is 22.5. The molecule has 0 unspecified atom stereocenters. The maximum absolute atomic E-state index is 12.4. The number of carboxylic acid groups (broad SMARTS) is 1. The fourth-order valence-electron chi connectivity index (χ4n) is 2.65. The number of amides is 1. The smallest absolute Gasteiger partial charge is 0.412 e. The van der Waals surface area contributed by atoms with Gasteiger partial charge in [0.1, 0.15) is 18.5 Å². The Morgan fingerprint density at radius 3 is 2.60 bits per heavy atom. The normalized spacial score (nSPS) is 12.6. The summed E-state index contributed by atoms with van der Waals surface area (Å²) in [7, 11) is 0. The van der Waals surface area contributed by atoms with Gasteiger partial charge in [0.05, 0.1) is 18.2 Å². The Morgan fingerprint density at radius 2 is 1.97 bits per heavy atom. The molecule has 0 aromatic heterocycles. The molecule has 156 valence electrons. The summed E-state index contributed by atoms with van der Waals surface area (Å²) < 4.78 is 11.0. The van der Waals surface area contributed by atoms with Gasteiger partial charge >= 0.3 is 12.1 Å². The molecule has 0 heterocycles. The molecule has 0 fully saturated rings. The number of carboxylic acids is 1. The lowest BCUT2D eigenvalue weighted by atomic mass is 9.96. The molecule has 0 aliphatic rings. The number of hydrogen-bond acceptors (Lipinski definition) is 6. The van der Waals surface area contributed by atoms with Crippen LogP contribution in [0.5, 0.6) is 5.75 Å². The van der Waals surface area contributed by atoms with Crippen molar-refractivity contribution >= 4 is 17.7 Å². The minimum Gasteiger partial charge on any atom is -0.491 e. The molecule has 2 atom stereocenters. The summed E-state index contributed by atoms with van der Waals surface area (Å²) in [6.07, 6.45) is 0.896. The highest BCUT2D eigenvalue weighted by atomic mass is 16.6. The fourth-order valence-corrected chi connectivity index (χ4v) is 2.65. The summed E-state index contributed by atoms with van der Waals surface area (Å²) in [5.41, 5.74) is 1.51. The van der Waals surface area contributed by atoms with E-state index < -0.39 is 24.1 Å². The Morgan fingerprint density at radius 1 is 1.23 bits per heavy atom. The molecule has 0 saturated heterocycles. The van der Waals surface area contributed by atoms with Crippen molar-refractivity contribution < 1.29 is 29.3 Å². The molecule has 0 bridgehead atoms. The average Bonchev–Trinajstić information content (AvgIpc) is 2.75. The van der Waals surface area contributed by atoms with Crippen LogP contribution in [0.25, 0.3) is 0 Å². The van der Waals surface area contributed by atoms with Gasteiger partial charge in [0, 0.05) is 17.7 Å². The van der Waals surface area contributed by atoms with E-state index in [1.54, 1.807) is 55.5 Å². The molecule has 1 amide bonds. The molecular formula is C22H22N2O6. The van der Waals surface area contributed by atoms with E-state index in [4.69, 9.17) is 24.9 Å². The molecular weight excluding hydrogens is 388 g/mol. The van der Waals surface area contributed by atoms with E-state index in [-0.39, 0.29) is 13.2 Å². The molecule has 0 aliphatic heterocycles. The first-order chi connectivity index (χ1) is 14.4. The number of nitrogens with zero attached hydrogens (tertiary/aromatic N) is 1. The number of hydrogen-bond donors (Lipinski definition) is 3. The van der Waals surface area contributed by atoms with Gasteiger partial charge in [-0.25, -0.2) is 9.59 Å². The third-order valence-corrected chi connectivity index (χ3v) is 4.06. The van der Waals surface area contributed by atoms with Crippen molar-refractivity contribution in [2.45, 2.75) is 13.0 Å². The van der Waals surface area contributed by atoms with Crippen LogP contribution in [-0.2, 0) is 9.53 Å². The maximum Gasteiger partial charge on any atom is 0.412 e. The van der Waals surface area contributed by atoms with E-state index in [9.17, 15) is 9.59 Å². The molecule has 2 rings (SSSR count). The van der Waals surface area contributed by atoms with Crippen LogP contribution in [0.3, 0.4) is 0 Å². The van der Waals surface area contributed by atoms with Gasteiger partial charge in [-0.15, -0.1) is 0 Å². The lowest BCUT2D eigenvalue weighted by Gasteiger charge is -2.23. The number of aliphatic hydroxyl groups is 1. The number of aliphatic carboxylic acids is 1. The quantitative estimate of drug-likeness (QED) is 0.540. The van der Waals surface area contributed by atoms with E-state index in [2.05, 4.69) is 5.32 Å². The number of aliphatic hydroxyl groups excluding tert-OH is 1. The highest BCUT2D eigenvalue weighted by Crippen LogP contribution is 2.30. The van der Waals surface area contributed by atoms with Crippen LogP contribution in [0, 0.1) is 17.2 Å². The van der Waals surface area contributed by atoms with Crippen LogP contribution in [0.2, 0.25) is 0 Å². The van der Waals surface area contributed by atoms with Crippen molar-refractivity contribution in [2.75, 3.05) is 18.5 Å². The summed E-state index contributed by atoms with van der Waals surface area (Å²) in [5, 5.41) is 29.3. The summed E-state index contributed by atoms with van der Waals surface area (Å²) >= 11 is 0. The van der Waals surface area contributed by atoms with Gasteiger partial charge in [0.2, 0.25) is 0 Å². The van der Waals surface area contributed by atoms with E-state index in [0.717, 1.165) is 6.08 Å². The summed E-state index contributed by atoms with van der Waals surface area (Å²) in [4.78, 5) is 23.3. The predicted molar refractivity (Wildman–Crippen MR) is 109 cm³/mol. The van der Waals surface area contributed by atoms with Crippen LogP contribution in [0.15, 0.2) is 60.7 Å². The topological polar surface area (TPSA) is 129 Å². The van der Waals surface area contributed by atoms with E-state index in [0.29, 0.717) is 22.6 Å². The van der Waals surface area contributed by atoms with Crippen molar-refractivity contribution in [3.05, 3.63) is 71.8 Å². The molecule has 0 radical (unpaired) electrons. The van der Waals surface area contributed by atoms with Crippen LogP contribution in [-0.4, -0.2) is 35.5 Å². The largest absolute Gasteiger partial charge is 0.491 e. The summed E-state index contributed by atoms with van der Waals surface area (Å²) in [5.74, 6) is -1.08. The second kappa shape index (κ2) is 11.2. The zero-order valence-electron chi connectivity index (χ0n) is 16.3. The molecule has 0 spiro atoms. The predicted octanol–water partition coefficient (Wildman–Crippen LogP) is 3.50. The molecule has 0 aliphatic carbocycles. The number of anilines is 1. The van der Waals surface area contributed by atoms with Crippen molar-refractivity contribution in [1.82, 2.24) is 0 Å². The Kier molecular flexibility index (Phi) is 8.41. The second-order valence-corrected chi connectivity index (χ2v) is 6.34. The van der Waals surface area contributed by atoms with Gasteiger partial charge in [-0.05, 0) is 42.0 Å². The van der Waals surface area contributed by atoms with Gasteiger partial charge in [-0.3, -0.25) is 5.32 Å². The highest BCUT2D eigenvalue weighted by Gasteiger charge is 2.23. The van der Waals surface area contributed by atoms with Crippen LogP contribution >= 0.6 is 0 Å². The van der Waals surface area contributed by atoms with Gasteiger partial charge in [0.25, 0.3) is 0 Å². The van der Waals surface area contributed by atoms with Crippen molar-refractivity contribution in [3.8, 4) is 11.8 Å². The highest BCUT2D eigenvalue weighted by molar-refractivity contribution is 5.85. The second-order valence-electron chi connectivity index (χ2n) is 6.34. The zero-order chi connectivity index (χ0) is 21.9. The molecule has 3 N–H and O–H groups in total. The molecule has 2 aromatic rings. The number of benzene rings is 2. The Labute approximate surface area is 174 Å². The number of nitrogens with one attached hydrogen (secondary N) is 1. The maximum atomic E-state index is 12.4. The Bertz CT molecular complexity index is 933.